The normalized spacial score (nSPS) is 11.5. The van der Waals surface area contributed by atoms with Crippen molar-refractivity contribution in [1.29, 1.82) is 0 Å². The molecular weight excluding hydrogens is 318 g/mol. The van der Waals surface area contributed by atoms with E-state index in [2.05, 4.69) is 29.2 Å². The minimum atomic E-state index is -0.618. The van der Waals surface area contributed by atoms with E-state index in [0.29, 0.717) is 0 Å². The summed E-state index contributed by atoms with van der Waals surface area (Å²) in [5, 5.41) is 0. The van der Waals surface area contributed by atoms with Crippen molar-refractivity contribution in [1.82, 2.24) is 4.90 Å². The molecule has 3 aromatic rings. The van der Waals surface area contributed by atoms with Crippen molar-refractivity contribution in [2.45, 2.75) is 32.5 Å². The van der Waals surface area contributed by atoms with Crippen LogP contribution in [0.15, 0.2) is 91.0 Å². The first kappa shape index (κ1) is 18.1. The predicted molar refractivity (Wildman–Crippen MR) is 107 cm³/mol. The Morgan fingerprint density at radius 2 is 1.08 bits per heavy atom. The van der Waals surface area contributed by atoms with Crippen LogP contribution in [0, 0.1) is 0 Å². The molecule has 0 aliphatic carbocycles. The fourth-order valence-electron chi connectivity index (χ4n) is 3.15. The lowest BCUT2D eigenvalue weighted by molar-refractivity contribution is 0.0590. The van der Waals surface area contributed by atoms with Gasteiger partial charge in [0.1, 0.15) is 0 Å². The van der Waals surface area contributed by atoms with Gasteiger partial charge in [-0.15, -0.1) is 0 Å². The van der Waals surface area contributed by atoms with E-state index in [1.807, 2.05) is 80.6 Å². The van der Waals surface area contributed by atoms with Crippen molar-refractivity contribution >= 4 is 5.78 Å². The van der Waals surface area contributed by atoms with Crippen molar-refractivity contribution in [2.24, 2.45) is 0 Å². The van der Waals surface area contributed by atoms with Gasteiger partial charge >= 0.3 is 0 Å². The first-order valence-corrected chi connectivity index (χ1v) is 9.00. The largest absolute Gasteiger partial charge is 0.292 e. The van der Waals surface area contributed by atoms with Gasteiger partial charge in [-0.25, -0.2) is 0 Å². The third-order valence-corrected chi connectivity index (χ3v) is 4.81. The molecule has 0 bridgehead atoms. The van der Waals surface area contributed by atoms with Gasteiger partial charge in [-0.2, -0.15) is 0 Å². The lowest BCUT2D eigenvalue weighted by Crippen LogP contribution is -2.49. The molecule has 0 atom stereocenters. The Bertz CT molecular complexity index is 784. The molecule has 0 heterocycles. The van der Waals surface area contributed by atoms with Crippen molar-refractivity contribution < 1.29 is 4.79 Å². The molecule has 2 nitrogen and oxygen atoms in total. The summed E-state index contributed by atoms with van der Waals surface area (Å²) in [5.41, 5.74) is 2.55. The monoisotopic (exact) mass is 343 g/mol. The Hall–Kier alpha value is -2.71. The van der Waals surface area contributed by atoms with Crippen LogP contribution in [0.1, 0.15) is 35.3 Å². The Morgan fingerprint density at radius 1 is 0.692 bits per heavy atom. The molecule has 3 aromatic carbocycles. The molecule has 0 fully saturated rings. The quantitative estimate of drug-likeness (QED) is 0.539. The summed E-state index contributed by atoms with van der Waals surface area (Å²) in [6, 6.07) is 30.2. The smallest absolute Gasteiger partial charge is 0.182 e. The highest BCUT2D eigenvalue weighted by Crippen LogP contribution is 2.25. The van der Waals surface area contributed by atoms with E-state index in [-0.39, 0.29) is 5.78 Å². The topological polar surface area (TPSA) is 20.3 Å². The Kier molecular flexibility index (Phi) is 5.65. The van der Waals surface area contributed by atoms with Gasteiger partial charge in [-0.05, 0) is 25.0 Å². The average molecular weight is 343 g/mol. The molecule has 0 unspecified atom stereocenters. The SMILES string of the molecule is CC(C)(C(=O)c1ccccc1)N(Cc1ccccc1)Cc1ccccc1. The average Bonchev–Trinajstić information content (AvgIpc) is 2.69. The van der Waals surface area contributed by atoms with Crippen molar-refractivity contribution in [3.63, 3.8) is 0 Å². The van der Waals surface area contributed by atoms with E-state index in [1.54, 1.807) is 0 Å². The van der Waals surface area contributed by atoms with Crippen LogP contribution < -0.4 is 0 Å². The second-order valence-corrected chi connectivity index (χ2v) is 7.08. The Labute approximate surface area is 156 Å². The molecule has 0 aliphatic heterocycles. The summed E-state index contributed by atoms with van der Waals surface area (Å²) in [5.74, 6) is 0.143. The Morgan fingerprint density at radius 3 is 1.50 bits per heavy atom. The van der Waals surface area contributed by atoms with Gasteiger partial charge < -0.3 is 0 Å². The maximum absolute atomic E-state index is 13.2. The third kappa shape index (κ3) is 4.27. The second-order valence-electron chi connectivity index (χ2n) is 7.08. The summed E-state index contributed by atoms with van der Waals surface area (Å²) < 4.78 is 0. The summed E-state index contributed by atoms with van der Waals surface area (Å²) in [4.78, 5) is 15.5. The van der Waals surface area contributed by atoms with Gasteiger partial charge in [0, 0.05) is 18.7 Å². The molecule has 132 valence electrons. The first-order chi connectivity index (χ1) is 12.6. The maximum Gasteiger partial charge on any atom is 0.182 e. The molecule has 0 spiro atoms. The minimum Gasteiger partial charge on any atom is -0.292 e. The molecule has 0 radical (unpaired) electrons. The minimum absolute atomic E-state index is 0.143. The van der Waals surface area contributed by atoms with E-state index in [4.69, 9.17) is 0 Å². The number of carbonyl (C=O) groups is 1. The number of nitrogens with zero attached hydrogens (tertiary/aromatic N) is 1. The zero-order valence-corrected chi connectivity index (χ0v) is 15.4. The number of hydrogen-bond donors (Lipinski definition) is 0. The number of benzene rings is 3. The van der Waals surface area contributed by atoms with Crippen molar-refractivity contribution in [3.05, 3.63) is 108 Å². The number of rotatable bonds is 7. The number of hydrogen-bond acceptors (Lipinski definition) is 2. The lowest BCUT2D eigenvalue weighted by Gasteiger charge is -2.37. The van der Waals surface area contributed by atoms with Crippen LogP contribution in [0.25, 0.3) is 0 Å². The van der Waals surface area contributed by atoms with E-state index in [9.17, 15) is 4.79 Å². The summed E-state index contributed by atoms with van der Waals surface area (Å²) in [6.07, 6.45) is 0. The molecule has 0 amide bonds. The van der Waals surface area contributed by atoms with Gasteiger partial charge in [-0.1, -0.05) is 91.0 Å². The molecular formula is C24H25NO. The van der Waals surface area contributed by atoms with Crippen LogP contribution in [0.4, 0.5) is 0 Å². The van der Waals surface area contributed by atoms with E-state index in [0.717, 1.165) is 18.7 Å². The van der Waals surface area contributed by atoms with Gasteiger partial charge in [-0.3, -0.25) is 9.69 Å². The molecule has 0 saturated carbocycles. The maximum atomic E-state index is 13.2. The zero-order valence-electron chi connectivity index (χ0n) is 15.4. The molecule has 0 aliphatic rings. The zero-order chi connectivity index (χ0) is 18.4. The molecule has 2 heteroatoms. The first-order valence-electron chi connectivity index (χ1n) is 9.00. The van der Waals surface area contributed by atoms with Crippen LogP contribution in [-0.2, 0) is 13.1 Å². The summed E-state index contributed by atoms with van der Waals surface area (Å²) in [7, 11) is 0. The van der Waals surface area contributed by atoms with E-state index < -0.39 is 5.54 Å². The molecule has 0 saturated heterocycles. The fraction of sp³-hybridized carbons (Fsp3) is 0.208. The predicted octanol–water partition coefficient (Wildman–Crippen LogP) is 5.35. The second kappa shape index (κ2) is 8.11. The van der Waals surface area contributed by atoms with Crippen LogP contribution in [0.3, 0.4) is 0 Å². The highest BCUT2D eigenvalue weighted by Gasteiger charge is 2.35. The summed E-state index contributed by atoms with van der Waals surface area (Å²) in [6.45, 7) is 5.49. The Balaban J connectivity index is 1.91. The summed E-state index contributed by atoms with van der Waals surface area (Å²) >= 11 is 0. The van der Waals surface area contributed by atoms with Crippen LogP contribution in [-0.4, -0.2) is 16.2 Å². The standard InChI is InChI=1S/C24H25NO/c1-24(2,23(26)22-16-10-5-11-17-22)25(18-20-12-6-3-7-13-20)19-21-14-8-4-9-15-21/h3-17H,18-19H2,1-2H3. The van der Waals surface area contributed by atoms with Gasteiger partial charge in [0.05, 0.1) is 5.54 Å². The fourth-order valence-corrected chi connectivity index (χ4v) is 3.15. The van der Waals surface area contributed by atoms with Gasteiger partial charge in [0.25, 0.3) is 0 Å². The molecule has 0 aromatic heterocycles. The van der Waals surface area contributed by atoms with E-state index >= 15 is 0 Å². The van der Waals surface area contributed by atoms with Crippen LogP contribution >= 0.6 is 0 Å². The highest BCUT2D eigenvalue weighted by atomic mass is 16.1. The number of ketones is 1. The van der Waals surface area contributed by atoms with Gasteiger partial charge in [0.15, 0.2) is 5.78 Å². The van der Waals surface area contributed by atoms with E-state index in [1.165, 1.54) is 11.1 Å². The molecule has 26 heavy (non-hydrogen) atoms. The highest BCUT2D eigenvalue weighted by molar-refractivity contribution is 6.02. The van der Waals surface area contributed by atoms with Crippen molar-refractivity contribution in [3.8, 4) is 0 Å². The number of Topliss-reactive ketones (excluding diaryl/α,β-unsaturated/α-hetero) is 1. The number of carbonyl (C=O) groups excluding carboxylic acids is 1. The molecule has 3 rings (SSSR count). The van der Waals surface area contributed by atoms with Crippen LogP contribution in [0.5, 0.6) is 0 Å². The van der Waals surface area contributed by atoms with Gasteiger partial charge in [0.2, 0.25) is 0 Å². The van der Waals surface area contributed by atoms with Crippen LogP contribution in [0.2, 0.25) is 0 Å². The third-order valence-electron chi connectivity index (χ3n) is 4.81. The lowest BCUT2D eigenvalue weighted by atomic mass is 9.90. The van der Waals surface area contributed by atoms with Crippen molar-refractivity contribution in [2.75, 3.05) is 0 Å². The molecule has 0 N–H and O–H groups in total.